The second kappa shape index (κ2) is 18.4. The number of benzene rings is 10. The molecule has 12 rings (SSSR count). The smallest absolute Gasteiger partial charge is 0.119 e. The SMILES string of the molecule is C(=Cc1ccc(N(c2ccc(OCC3CCO3)cc2)c2c3ccccc3cc3ccccc23)cc1)c1ccc(N(c2ccc(OCC3CCO3)cc2)c2c3ccccc3cc3ccccc23)cc1. The Bertz CT molecular complexity index is 3080. The minimum atomic E-state index is 0.180. The molecule has 2 unspecified atom stereocenters. The minimum absolute atomic E-state index is 0.180. The van der Waals surface area contributed by atoms with Gasteiger partial charge >= 0.3 is 0 Å². The second-order valence-corrected chi connectivity index (χ2v) is 17.7. The van der Waals surface area contributed by atoms with Crippen molar-refractivity contribution < 1.29 is 18.9 Å². The van der Waals surface area contributed by atoms with Crippen molar-refractivity contribution in [3.05, 3.63) is 217 Å². The molecule has 10 aromatic rings. The summed E-state index contributed by atoms with van der Waals surface area (Å²) in [6.45, 7) is 2.77. The molecule has 2 aliphatic heterocycles. The van der Waals surface area contributed by atoms with Gasteiger partial charge in [0.1, 0.15) is 24.7 Å². The van der Waals surface area contributed by atoms with Crippen molar-refractivity contribution in [2.24, 2.45) is 0 Å². The average molecular weight is 887 g/mol. The number of fused-ring (bicyclic) bond motifs is 4. The fraction of sp³-hybridized carbons (Fsp3) is 0.129. The standard InChI is InChI=1S/C62H50N2O4/c1-5-13-57-45(9-1)39-46-10-2-6-14-58(46)61(57)63(51-27-31-53(32-28-51)67-41-55-35-37-65-55)49-23-19-43(20-24-49)17-18-44-21-25-50(26-22-44)64(52-29-33-54(34-30-52)68-42-56-36-38-66-56)62-59-15-7-3-11-47(59)40-48-12-4-8-16-60(48)62/h1-34,39-40,55-56H,35-38,41-42H2. The Kier molecular flexibility index (Phi) is 11.2. The molecular formula is C62H50N2O4. The van der Waals surface area contributed by atoms with Crippen LogP contribution in [0.2, 0.25) is 0 Å². The molecule has 0 amide bonds. The lowest BCUT2D eigenvalue weighted by molar-refractivity contribution is -0.0721. The molecule has 2 heterocycles. The molecule has 2 aliphatic rings. The normalized spacial score (nSPS) is 15.6. The van der Waals surface area contributed by atoms with E-state index in [0.717, 1.165) is 82.8 Å². The molecule has 0 aliphatic carbocycles. The maximum atomic E-state index is 6.13. The van der Waals surface area contributed by atoms with Gasteiger partial charge in [0.2, 0.25) is 0 Å². The Balaban J connectivity index is 0.865. The van der Waals surface area contributed by atoms with Crippen LogP contribution >= 0.6 is 0 Å². The average Bonchev–Trinajstić information content (AvgIpc) is 3.36. The van der Waals surface area contributed by atoms with Crippen LogP contribution in [0.1, 0.15) is 24.0 Å². The molecule has 6 nitrogen and oxygen atoms in total. The van der Waals surface area contributed by atoms with Crippen LogP contribution in [0.3, 0.4) is 0 Å². The first kappa shape index (κ1) is 41.5. The fourth-order valence-electron chi connectivity index (χ4n) is 9.53. The van der Waals surface area contributed by atoms with Crippen LogP contribution in [0.5, 0.6) is 11.5 Å². The van der Waals surface area contributed by atoms with Gasteiger partial charge in [-0.1, -0.05) is 133 Å². The highest BCUT2D eigenvalue weighted by Gasteiger charge is 2.23. The van der Waals surface area contributed by atoms with E-state index in [1.165, 1.54) is 43.1 Å². The number of hydrogen-bond donors (Lipinski definition) is 0. The van der Waals surface area contributed by atoms with Gasteiger partial charge in [0.25, 0.3) is 0 Å². The van der Waals surface area contributed by atoms with Gasteiger partial charge < -0.3 is 28.7 Å². The quantitative estimate of drug-likeness (QED) is 0.0801. The minimum Gasteiger partial charge on any atom is -0.491 e. The predicted octanol–water partition coefficient (Wildman–Crippen LogP) is 15.7. The number of ether oxygens (including phenoxy) is 4. The number of rotatable bonds is 14. The third-order valence-corrected chi connectivity index (χ3v) is 13.4. The van der Waals surface area contributed by atoms with Crippen molar-refractivity contribution in [2.75, 3.05) is 36.2 Å². The van der Waals surface area contributed by atoms with E-state index in [2.05, 4.69) is 228 Å². The van der Waals surface area contributed by atoms with Gasteiger partial charge in [-0.15, -0.1) is 0 Å². The molecule has 0 N–H and O–H groups in total. The van der Waals surface area contributed by atoms with Gasteiger partial charge in [-0.25, -0.2) is 0 Å². The first-order valence-electron chi connectivity index (χ1n) is 23.7. The van der Waals surface area contributed by atoms with Crippen molar-refractivity contribution >= 4 is 89.4 Å². The molecule has 2 atom stereocenters. The van der Waals surface area contributed by atoms with Crippen molar-refractivity contribution in [3.8, 4) is 11.5 Å². The highest BCUT2D eigenvalue weighted by Crippen LogP contribution is 2.46. The molecular weight excluding hydrogens is 837 g/mol. The van der Waals surface area contributed by atoms with Crippen molar-refractivity contribution in [2.45, 2.75) is 25.0 Å². The summed E-state index contributed by atoms with van der Waals surface area (Å²) in [6, 6.07) is 73.9. The molecule has 0 spiro atoms. The predicted molar refractivity (Wildman–Crippen MR) is 281 cm³/mol. The Labute approximate surface area is 396 Å². The number of hydrogen-bond acceptors (Lipinski definition) is 6. The molecule has 0 radical (unpaired) electrons. The van der Waals surface area contributed by atoms with Crippen LogP contribution in [-0.2, 0) is 9.47 Å². The van der Waals surface area contributed by atoms with E-state index in [-0.39, 0.29) is 12.2 Å². The topological polar surface area (TPSA) is 43.4 Å². The van der Waals surface area contributed by atoms with E-state index in [1.807, 2.05) is 0 Å². The zero-order valence-corrected chi connectivity index (χ0v) is 37.7. The van der Waals surface area contributed by atoms with E-state index in [1.54, 1.807) is 0 Å². The molecule has 2 fully saturated rings. The molecule has 10 aromatic carbocycles. The molecule has 6 heteroatoms. The van der Waals surface area contributed by atoms with E-state index >= 15 is 0 Å². The van der Waals surface area contributed by atoms with Crippen molar-refractivity contribution in [1.82, 2.24) is 0 Å². The van der Waals surface area contributed by atoms with Crippen LogP contribution in [0, 0.1) is 0 Å². The second-order valence-electron chi connectivity index (χ2n) is 17.7. The molecule has 0 bridgehead atoms. The third kappa shape index (κ3) is 8.30. The molecule has 332 valence electrons. The van der Waals surface area contributed by atoms with Gasteiger partial charge in [-0.2, -0.15) is 0 Å². The highest BCUT2D eigenvalue weighted by atomic mass is 16.6. The van der Waals surface area contributed by atoms with Gasteiger partial charge in [0.05, 0.1) is 23.6 Å². The lowest BCUT2D eigenvalue weighted by Gasteiger charge is -2.29. The van der Waals surface area contributed by atoms with Crippen LogP contribution < -0.4 is 19.3 Å². The van der Waals surface area contributed by atoms with Gasteiger partial charge in [0, 0.05) is 70.3 Å². The van der Waals surface area contributed by atoms with Crippen LogP contribution in [0.15, 0.2) is 206 Å². The first-order valence-corrected chi connectivity index (χ1v) is 23.7. The summed E-state index contributed by atoms with van der Waals surface area (Å²) >= 11 is 0. The monoisotopic (exact) mass is 886 g/mol. The maximum absolute atomic E-state index is 6.13. The maximum Gasteiger partial charge on any atom is 0.119 e. The van der Waals surface area contributed by atoms with Crippen LogP contribution in [0.4, 0.5) is 34.1 Å². The van der Waals surface area contributed by atoms with Crippen molar-refractivity contribution in [1.29, 1.82) is 0 Å². The summed E-state index contributed by atoms with van der Waals surface area (Å²) in [5.41, 5.74) is 8.75. The molecule has 0 aromatic heterocycles. The van der Waals surface area contributed by atoms with Gasteiger partial charge in [-0.3, -0.25) is 0 Å². The summed E-state index contributed by atoms with van der Waals surface area (Å²) in [5.74, 6) is 1.68. The summed E-state index contributed by atoms with van der Waals surface area (Å²) in [7, 11) is 0. The zero-order chi connectivity index (χ0) is 45.2. The number of nitrogens with zero attached hydrogens (tertiary/aromatic N) is 2. The van der Waals surface area contributed by atoms with E-state index in [9.17, 15) is 0 Å². The van der Waals surface area contributed by atoms with Crippen molar-refractivity contribution in [3.63, 3.8) is 0 Å². The summed E-state index contributed by atoms with van der Waals surface area (Å²) in [6.07, 6.45) is 6.84. The summed E-state index contributed by atoms with van der Waals surface area (Å²) < 4.78 is 23.5. The van der Waals surface area contributed by atoms with Crippen LogP contribution in [-0.4, -0.2) is 38.6 Å². The summed E-state index contributed by atoms with van der Waals surface area (Å²) in [5, 5.41) is 9.55. The van der Waals surface area contributed by atoms with Gasteiger partial charge in [-0.05, 0) is 118 Å². The van der Waals surface area contributed by atoms with E-state index in [0.29, 0.717) is 13.2 Å². The first-order chi connectivity index (χ1) is 33.7. The molecule has 68 heavy (non-hydrogen) atoms. The highest BCUT2D eigenvalue weighted by molar-refractivity contribution is 6.15. The number of anilines is 6. The Morgan fingerprint density at radius 2 is 0.676 bits per heavy atom. The van der Waals surface area contributed by atoms with Gasteiger partial charge in [0.15, 0.2) is 0 Å². The zero-order valence-electron chi connectivity index (χ0n) is 37.7. The lowest BCUT2D eigenvalue weighted by atomic mass is 9.99. The molecule has 2 saturated heterocycles. The lowest BCUT2D eigenvalue weighted by Crippen LogP contribution is -2.32. The fourth-order valence-corrected chi connectivity index (χ4v) is 9.53. The van der Waals surface area contributed by atoms with E-state index in [4.69, 9.17) is 18.9 Å². The Morgan fingerprint density at radius 3 is 0.971 bits per heavy atom. The Morgan fingerprint density at radius 1 is 0.382 bits per heavy atom. The third-order valence-electron chi connectivity index (χ3n) is 13.4. The van der Waals surface area contributed by atoms with Crippen LogP contribution in [0.25, 0.3) is 55.2 Å². The van der Waals surface area contributed by atoms with E-state index < -0.39 is 0 Å². The molecule has 0 saturated carbocycles. The largest absolute Gasteiger partial charge is 0.491 e. The summed E-state index contributed by atoms with van der Waals surface area (Å²) in [4.78, 5) is 4.76. The Hall–Kier alpha value is -7.90.